The number of rotatable bonds is 5. The SMILES string of the molecule is c1ccc(C2=NC(n3c4ccccc4c4cc5c(cc43)c3ccccc3n5-c3cccc(-n4c5ccccc5c5ccccc54)c3)=NC(n3c4ccccc4c4ccc5c(c6ccccc6n5-c5ccccc5)c43)N2)cc1. The molecule has 0 amide bonds. The average Bonchev–Trinajstić information content (AvgIpc) is 4.41. The summed E-state index contributed by atoms with van der Waals surface area (Å²) >= 11 is 0. The lowest BCUT2D eigenvalue weighted by Crippen LogP contribution is -2.37. The van der Waals surface area contributed by atoms with Gasteiger partial charge in [-0.25, -0.2) is 4.99 Å². The Morgan fingerprint density at radius 1 is 0.299 bits per heavy atom. The second-order valence-corrected chi connectivity index (χ2v) is 20.2. The highest BCUT2D eigenvalue weighted by Crippen LogP contribution is 2.44. The molecule has 8 heteroatoms. The summed E-state index contributed by atoms with van der Waals surface area (Å²) in [5.74, 6) is 1.35. The Balaban J connectivity index is 0.920. The molecule has 0 bridgehead atoms. The second-order valence-electron chi connectivity index (χ2n) is 20.2. The number of benzene rings is 11. The minimum absolute atomic E-state index is 0.590. The van der Waals surface area contributed by atoms with Gasteiger partial charge in [-0.3, -0.25) is 9.13 Å². The number of nitrogens with zero attached hydrogens (tertiary/aromatic N) is 7. The summed E-state index contributed by atoms with van der Waals surface area (Å²) in [4.78, 5) is 11.3. The number of amidine groups is 1. The van der Waals surface area contributed by atoms with E-state index < -0.39 is 6.29 Å². The van der Waals surface area contributed by atoms with Crippen molar-refractivity contribution in [1.82, 2.24) is 28.2 Å². The van der Waals surface area contributed by atoms with Gasteiger partial charge in [0, 0.05) is 76.5 Å². The Labute approximate surface area is 440 Å². The maximum absolute atomic E-state index is 5.80. The predicted molar refractivity (Wildman–Crippen MR) is 320 cm³/mol. The molecule has 0 radical (unpaired) electrons. The van der Waals surface area contributed by atoms with Crippen LogP contribution in [0.25, 0.3) is 126 Å². The molecular weight excluding hydrogens is 941 g/mol. The third kappa shape index (κ3) is 5.97. The Kier molecular flexibility index (Phi) is 8.74. The lowest BCUT2D eigenvalue weighted by atomic mass is 10.1. The smallest absolute Gasteiger partial charge is 0.235 e. The number of hydrogen-bond donors (Lipinski definition) is 1. The van der Waals surface area contributed by atoms with Crippen molar-refractivity contribution in [3.63, 3.8) is 0 Å². The number of aliphatic imine (C=N–C) groups is 2. The quantitative estimate of drug-likeness (QED) is 0.183. The van der Waals surface area contributed by atoms with Crippen LogP contribution in [0.15, 0.2) is 265 Å². The van der Waals surface area contributed by atoms with Gasteiger partial charge in [0.2, 0.25) is 12.2 Å². The van der Waals surface area contributed by atoms with Crippen molar-refractivity contribution in [3.8, 4) is 17.1 Å². The van der Waals surface area contributed by atoms with E-state index in [0.29, 0.717) is 5.96 Å². The average molecular weight is 985 g/mol. The highest BCUT2D eigenvalue weighted by molar-refractivity contribution is 6.26. The molecule has 1 aliphatic heterocycles. The zero-order valence-corrected chi connectivity index (χ0v) is 41.5. The van der Waals surface area contributed by atoms with Gasteiger partial charge >= 0.3 is 0 Å². The minimum Gasteiger partial charge on any atom is -0.330 e. The molecule has 360 valence electrons. The number of aromatic nitrogens is 5. The molecule has 6 heterocycles. The number of para-hydroxylation sites is 7. The number of nitrogens with one attached hydrogen (secondary N) is 1. The Morgan fingerprint density at radius 3 is 1.32 bits per heavy atom. The third-order valence-electron chi connectivity index (χ3n) is 16.1. The van der Waals surface area contributed by atoms with Crippen molar-refractivity contribution in [2.45, 2.75) is 6.29 Å². The fourth-order valence-electron chi connectivity index (χ4n) is 12.9. The number of hydrogen-bond acceptors (Lipinski definition) is 3. The maximum atomic E-state index is 5.80. The van der Waals surface area contributed by atoms with Gasteiger partial charge < -0.3 is 19.0 Å². The molecule has 1 atom stereocenters. The van der Waals surface area contributed by atoms with E-state index in [0.717, 1.165) is 88.8 Å². The third-order valence-corrected chi connectivity index (χ3v) is 16.1. The van der Waals surface area contributed by atoms with E-state index in [1.807, 2.05) is 0 Å². The fraction of sp³-hybridized carbons (Fsp3) is 0.0145. The van der Waals surface area contributed by atoms with E-state index in [9.17, 15) is 0 Å². The normalized spacial score (nSPS) is 14.1. The molecule has 0 saturated heterocycles. The van der Waals surface area contributed by atoms with Crippen LogP contribution in [0, 0.1) is 0 Å². The molecule has 0 fully saturated rings. The first-order valence-electron chi connectivity index (χ1n) is 26.3. The largest absolute Gasteiger partial charge is 0.330 e. The lowest BCUT2D eigenvalue weighted by Gasteiger charge is -2.26. The van der Waals surface area contributed by atoms with Gasteiger partial charge in [0.1, 0.15) is 5.84 Å². The predicted octanol–water partition coefficient (Wildman–Crippen LogP) is 16.6. The maximum Gasteiger partial charge on any atom is 0.235 e. The van der Waals surface area contributed by atoms with Crippen LogP contribution in [0.2, 0.25) is 0 Å². The highest BCUT2D eigenvalue weighted by Gasteiger charge is 2.29. The van der Waals surface area contributed by atoms with Crippen LogP contribution in [0.3, 0.4) is 0 Å². The lowest BCUT2D eigenvalue weighted by molar-refractivity contribution is 0.514. The van der Waals surface area contributed by atoms with Crippen LogP contribution in [-0.2, 0) is 0 Å². The molecular formula is C69H44N8. The first kappa shape index (κ1) is 42.0. The first-order valence-corrected chi connectivity index (χ1v) is 26.3. The Morgan fingerprint density at radius 2 is 0.727 bits per heavy atom. The monoisotopic (exact) mass is 984 g/mol. The Bertz CT molecular complexity index is 5140. The van der Waals surface area contributed by atoms with Gasteiger partial charge in [0.15, 0.2) is 0 Å². The summed E-state index contributed by atoms with van der Waals surface area (Å²) in [7, 11) is 0. The first-order chi connectivity index (χ1) is 38.2. The summed E-state index contributed by atoms with van der Waals surface area (Å²) in [5.41, 5.74) is 15.5. The molecule has 11 aromatic carbocycles. The molecule has 5 aromatic heterocycles. The van der Waals surface area contributed by atoms with Crippen molar-refractivity contribution in [2.24, 2.45) is 9.98 Å². The highest BCUT2D eigenvalue weighted by atomic mass is 15.4. The zero-order valence-electron chi connectivity index (χ0n) is 41.5. The molecule has 17 rings (SSSR count). The molecule has 77 heavy (non-hydrogen) atoms. The van der Waals surface area contributed by atoms with Crippen molar-refractivity contribution in [3.05, 3.63) is 260 Å². The van der Waals surface area contributed by atoms with Crippen LogP contribution in [0.4, 0.5) is 0 Å². The van der Waals surface area contributed by atoms with Crippen molar-refractivity contribution < 1.29 is 0 Å². The molecule has 1 aliphatic rings. The van der Waals surface area contributed by atoms with E-state index >= 15 is 0 Å². The van der Waals surface area contributed by atoms with Gasteiger partial charge in [-0.05, 0) is 84.9 Å². The van der Waals surface area contributed by atoms with E-state index in [-0.39, 0.29) is 0 Å². The summed E-state index contributed by atoms with van der Waals surface area (Å²) in [5, 5.41) is 15.7. The molecule has 0 aliphatic carbocycles. The van der Waals surface area contributed by atoms with Gasteiger partial charge in [-0.1, -0.05) is 170 Å². The second kappa shape index (κ2) is 16.0. The topological polar surface area (TPSA) is 61.4 Å². The van der Waals surface area contributed by atoms with Crippen molar-refractivity contribution in [2.75, 3.05) is 0 Å². The van der Waals surface area contributed by atoms with Crippen LogP contribution in [0.1, 0.15) is 11.9 Å². The van der Waals surface area contributed by atoms with E-state index in [1.165, 1.54) is 48.7 Å². The van der Waals surface area contributed by atoms with Gasteiger partial charge in [-0.2, -0.15) is 4.99 Å². The van der Waals surface area contributed by atoms with Crippen LogP contribution in [0.5, 0.6) is 0 Å². The van der Waals surface area contributed by atoms with Crippen molar-refractivity contribution >= 4 is 121 Å². The molecule has 0 saturated carbocycles. The zero-order chi connectivity index (χ0) is 50.3. The van der Waals surface area contributed by atoms with Crippen LogP contribution < -0.4 is 5.32 Å². The molecule has 8 nitrogen and oxygen atoms in total. The van der Waals surface area contributed by atoms with Gasteiger partial charge in [0.25, 0.3) is 0 Å². The fourth-order valence-corrected chi connectivity index (χ4v) is 12.9. The van der Waals surface area contributed by atoms with E-state index in [2.05, 4.69) is 283 Å². The summed E-state index contributed by atoms with van der Waals surface area (Å²) in [6.45, 7) is 0. The standard InChI is InChI=1S/C69H44N8/c1-3-20-43(21-4-1)67-70-68(72-69(71-67)77-60-36-17-9-28-49(60)52-38-39-62-65(66(52)77)53-31-12-18-37-61(53)73(62)44-22-5-2-6-23-44)76-59-35-16-11-30-51(59)55-41-63-54(42-64(55)76)50-29-10-15-34-58(50)75(63)46-25-19-24-45(40-46)74-56-32-13-7-26-47(56)48-27-8-14-33-57(48)74/h1-42,69H,(H,70,71,72). The molecule has 1 unspecified atom stereocenters. The molecule has 0 spiro atoms. The van der Waals surface area contributed by atoms with Gasteiger partial charge in [-0.15, -0.1) is 0 Å². The van der Waals surface area contributed by atoms with Gasteiger partial charge in [0.05, 0.1) is 55.2 Å². The molecule has 1 N–H and O–H groups in total. The molecule has 16 aromatic rings. The number of fused-ring (bicyclic) bond motifs is 16. The van der Waals surface area contributed by atoms with Crippen LogP contribution in [-0.4, -0.2) is 34.6 Å². The Hall–Kier alpha value is -10.4. The van der Waals surface area contributed by atoms with Crippen molar-refractivity contribution in [1.29, 1.82) is 0 Å². The van der Waals surface area contributed by atoms with E-state index in [1.54, 1.807) is 0 Å². The summed E-state index contributed by atoms with van der Waals surface area (Å²) < 4.78 is 11.9. The summed E-state index contributed by atoms with van der Waals surface area (Å²) in [6.07, 6.45) is -0.590. The summed E-state index contributed by atoms with van der Waals surface area (Å²) in [6, 6.07) is 92.0. The minimum atomic E-state index is -0.590. The van der Waals surface area contributed by atoms with Crippen LogP contribution >= 0.6 is 0 Å². The van der Waals surface area contributed by atoms with E-state index in [4.69, 9.17) is 9.98 Å².